The van der Waals surface area contributed by atoms with Gasteiger partial charge in [0.1, 0.15) is 12.1 Å². The molecule has 1 aliphatic heterocycles. The van der Waals surface area contributed by atoms with Crippen molar-refractivity contribution >= 4 is 0 Å². The van der Waals surface area contributed by atoms with Gasteiger partial charge in [-0.15, -0.1) is 0 Å². The monoisotopic (exact) mass is 246 g/mol. The van der Waals surface area contributed by atoms with Gasteiger partial charge in [-0.25, -0.2) is 4.98 Å². The largest absolute Gasteiger partial charge is 0.353 e. The van der Waals surface area contributed by atoms with Gasteiger partial charge >= 0.3 is 0 Å². The third-order valence-electron chi connectivity index (χ3n) is 2.82. The van der Waals surface area contributed by atoms with Crippen LogP contribution in [0.25, 0.3) is 0 Å². The average Bonchev–Trinajstić information content (AvgIpc) is 2.82. The van der Waals surface area contributed by atoms with Gasteiger partial charge in [-0.05, 0) is 19.3 Å². The normalized spacial score (nSPS) is 19.1. The molecule has 94 valence electrons. The molecule has 1 atom stereocenters. The summed E-state index contributed by atoms with van der Waals surface area (Å²) in [5, 5.41) is 17.7. The highest BCUT2D eigenvalue weighted by Crippen LogP contribution is 2.13. The lowest BCUT2D eigenvalue weighted by Crippen LogP contribution is -2.24. The Hall–Kier alpha value is -1.89. The van der Waals surface area contributed by atoms with E-state index < -0.39 is 0 Å². The predicted octanol–water partition coefficient (Wildman–Crippen LogP) is 1.17. The van der Waals surface area contributed by atoms with E-state index in [1.54, 1.807) is 4.57 Å². The van der Waals surface area contributed by atoms with Crippen LogP contribution in [-0.4, -0.2) is 29.1 Å². The van der Waals surface area contributed by atoms with Crippen LogP contribution in [0, 0.1) is 22.7 Å². The summed E-state index contributed by atoms with van der Waals surface area (Å²) in [4.78, 5) is 3.86. The lowest BCUT2D eigenvalue weighted by Gasteiger charge is -2.22. The van der Waals surface area contributed by atoms with Gasteiger partial charge in [0.25, 0.3) is 0 Å². The molecule has 2 heterocycles. The van der Waals surface area contributed by atoms with Crippen molar-refractivity contribution < 1.29 is 9.47 Å². The number of rotatable bonds is 4. The molecule has 1 fully saturated rings. The molecule has 1 aliphatic rings. The van der Waals surface area contributed by atoms with Crippen LogP contribution in [0.5, 0.6) is 0 Å². The molecule has 0 spiro atoms. The molecule has 0 saturated carbocycles. The zero-order valence-electron chi connectivity index (χ0n) is 10.0. The lowest BCUT2D eigenvalue weighted by molar-refractivity contribution is -0.163. The van der Waals surface area contributed by atoms with Crippen molar-refractivity contribution in [3.63, 3.8) is 0 Å². The molecule has 0 N–H and O–H groups in total. The molecule has 1 unspecified atom stereocenters. The van der Waals surface area contributed by atoms with Crippen LogP contribution in [0.3, 0.4) is 0 Å². The summed E-state index contributed by atoms with van der Waals surface area (Å²) in [5.41, 5.74) is 0.442. The molecule has 2 rings (SSSR count). The van der Waals surface area contributed by atoms with E-state index in [1.165, 1.54) is 6.33 Å². The van der Waals surface area contributed by atoms with Crippen LogP contribution in [0.1, 0.15) is 30.7 Å². The highest BCUT2D eigenvalue weighted by Gasteiger charge is 2.14. The van der Waals surface area contributed by atoms with E-state index in [9.17, 15) is 0 Å². The molecular formula is C12H14N4O2. The van der Waals surface area contributed by atoms with E-state index >= 15 is 0 Å². The fourth-order valence-electron chi connectivity index (χ4n) is 1.88. The molecule has 1 saturated heterocycles. The number of nitriles is 2. The van der Waals surface area contributed by atoms with Crippen molar-refractivity contribution in [3.05, 3.63) is 17.7 Å². The van der Waals surface area contributed by atoms with Gasteiger partial charge in [0, 0.05) is 13.2 Å². The van der Waals surface area contributed by atoms with Crippen molar-refractivity contribution in [2.75, 3.05) is 13.2 Å². The minimum absolute atomic E-state index is 0.136. The third-order valence-corrected chi connectivity index (χ3v) is 2.82. The smallest absolute Gasteiger partial charge is 0.176 e. The van der Waals surface area contributed by atoms with Crippen molar-refractivity contribution in [1.29, 1.82) is 10.5 Å². The molecule has 0 amide bonds. The Kier molecular flexibility index (Phi) is 4.30. The Morgan fingerprint density at radius 2 is 2.33 bits per heavy atom. The molecule has 18 heavy (non-hydrogen) atoms. The zero-order chi connectivity index (χ0) is 12.8. The number of nitrogens with zero attached hydrogens (tertiary/aromatic N) is 4. The van der Waals surface area contributed by atoms with Gasteiger partial charge in [-0.1, -0.05) is 0 Å². The van der Waals surface area contributed by atoms with Crippen LogP contribution < -0.4 is 0 Å². The maximum atomic E-state index is 8.94. The topological polar surface area (TPSA) is 83.9 Å². The van der Waals surface area contributed by atoms with Crippen LogP contribution in [0.4, 0.5) is 0 Å². The van der Waals surface area contributed by atoms with E-state index in [1.807, 2.05) is 12.1 Å². The molecular weight excluding hydrogens is 232 g/mol. The van der Waals surface area contributed by atoms with Crippen molar-refractivity contribution in [3.8, 4) is 12.1 Å². The summed E-state index contributed by atoms with van der Waals surface area (Å²) >= 11 is 0. The van der Waals surface area contributed by atoms with E-state index in [-0.39, 0.29) is 17.7 Å². The fraction of sp³-hybridized carbons (Fsp3) is 0.583. The number of hydrogen-bond donors (Lipinski definition) is 0. The minimum atomic E-state index is -0.136. The SMILES string of the molecule is N#Cc1ncn(CCOC2CCCCO2)c1C#N. The first-order valence-electron chi connectivity index (χ1n) is 5.93. The first kappa shape index (κ1) is 12.6. The molecule has 1 aromatic heterocycles. The van der Waals surface area contributed by atoms with Crippen LogP contribution in [0.15, 0.2) is 6.33 Å². The molecule has 0 aromatic carbocycles. The van der Waals surface area contributed by atoms with Gasteiger partial charge in [0.2, 0.25) is 0 Å². The Morgan fingerprint density at radius 1 is 1.44 bits per heavy atom. The van der Waals surface area contributed by atoms with E-state index in [2.05, 4.69) is 4.98 Å². The minimum Gasteiger partial charge on any atom is -0.353 e. The quantitative estimate of drug-likeness (QED) is 0.796. The van der Waals surface area contributed by atoms with Gasteiger partial charge in [0.15, 0.2) is 17.7 Å². The van der Waals surface area contributed by atoms with E-state index in [0.717, 1.165) is 25.9 Å². The fourth-order valence-corrected chi connectivity index (χ4v) is 1.88. The van der Waals surface area contributed by atoms with Crippen LogP contribution >= 0.6 is 0 Å². The summed E-state index contributed by atoms with van der Waals surface area (Å²) in [5.74, 6) is 0. The zero-order valence-corrected chi connectivity index (χ0v) is 10.0. The van der Waals surface area contributed by atoms with Crippen molar-refractivity contribution in [1.82, 2.24) is 9.55 Å². The predicted molar refractivity (Wildman–Crippen MR) is 61.2 cm³/mol. The maximum absolute atomic E-state index is 8.94. The van der Waals surface area contributed by atoms with E-state index in [0.29, 0.717) is 13.2 Å². The number of hydrogen-bond acceptors (Lipinski definition) is 5. The van der Waals surface area contributed by atoms with Gasteiger partial charge in [-0.2, -0.15) is 10.5 Å². The Morgan fingerprint density at radius 3 is 3.00 bits per heavy atom. The number of aromatic nitrogens is 2. The second-order valence-corrected chi connectivity index (χ2v) is 4.03. The molecule has 0 radical (unpaired) electrons. The second-order valence-electron chi connectivity index (χ2n) is 4.03. The third kappa shape index (κ3) is 2.86. The lowest BCUT2D eigenvalue weighted by atomic mass is 10.2. The van der Waals surface area contributed by atoms with E-state index in [4.69, 9.17) is 20.0 Å². The van der Waals surface area contributed by atoms with Gasteiger partial charge < -0.3 is 14.0 Å². The summed E-state index contributed by atoms with van der Waals surface area (Å²) in [6.45, 7) is 1.69. The Labute approximate surface area is 105 Å². The van der Waals surface area contributed by atoms with Gasteiger partial charge in [-0.3, -0.25) is 0 Å². The molecule has 6 heteroatoms. The molecule has 0 bridgehead atoms. The summed E-state index contributed by atoms with van der Waals surface area (Å²) in [6.07, 6.45) is 4.48. The van der Waals surface area contributed by atoms with Crippen LogP contribution in [0.2, 0.25) is 0 Å². The average molecular weight is 246 g/mol. The Balaban J connectivity index is 1.85. The second kappa shape index (κ2) is 6.15. The van der Waals surface area contributed by atoms with Crippen LogP contribution in [-0.2, 0) is 16.0 Å². The highest BCUT2D eigenvalue weighted by atomic mass is 16.7. The number of imidazole rings is 1. The summed E-state index contributed by atoms with van der Waals surface area (Å²) in [7, 11) is 0. The molecule has 0 aliphatic carbocycles. The van der Waals surface area contributed by atoms with Gasteiger partial charge in [0.05, 0.1) is 12.9 Å². The molecule has 6 nitrogen and oxygen atoms in total. The summed E-state index contributed by atoms with van der Waals surface area (Å²) < 4.78 is 12.6. The first-order chi connectivity index (χ1) is 8.85. The highest BCUT2D eigenvalue weighted by molar-refractivity contribution is 5.35. The summed E-state index contributed by atoms with van der Waals surface area (Å²) in [6, 6.07) is 3.86. The number of ether oxygens (including phenoxy) is 2. The van der Waals surface area contributed by atoms with Crippen molar-refractivity contribution in [2.45, 2.75) is 32.1 Å². The first-order valence-corrected chi connectivity index (χ1v) is 5.93. The molecule has 1 aromatic rings. The van der Waals surface area contributed by atoms with Crippen molar-refractivity contribution in [2.24, 2.45) is 0 Å². The standard InChI is InChI=1S/C12H14N4O2/c13-7-10-11(8-14)16(9-15-10)4-6-18-12-3-1-2-5-17-12/h9,12H,1-6H2. The maximum Gasteiger partial charge on any atom is 0.176 e. The Bertz CT molecular complexity index is 477.